The van der Waals surface area contributed by atoms with Crippen LogP contribution in [0.5, 0.6) is 0 Å². The third kappa shape index (κ3) is 2.38. The van der Waals surface area contributed by atoms with Crippen LogP contribution in [0, 0.1) is 10.5 Å². The summed E-state index contributed by atoms with van der Waals surface area (Å²) in [5, 5.41) is 0.499. The van der Waals surface area contributed by atoms with Crippen molar-refractivity contribution in [3.8, 4) is 11.4 Å². The molecule has 0 N–H and O–H groups in total. The first-order valence-corrected chi connectivity index (χ1v) is 6.79. The van der Waals surface area contributed by atoms with Gasteiger partial charge in [0.15, 0.2) is 5.82 Å². The van der Waals surface area contributed by atoms with Gasteiger partial charge in [-0.25, -0.2) is 9.97 Å². The number of aromatic nitrogens is 2. The van der Waals surface area contributed by atoms with Crippen LogP contribution >= 0.6 is 50.1 Å². The summed E-state index contributed by atoms with van der Waals surface area (Å²) in [6.45, 7) is 1.93. The Bertz CT molecular complexity index is 522. The highest BCUT2D eigenvalue weighted by molar-refractivity contribution is 14.1. The van der Waals surface area contributed by atoms with Crippen LogP contribution in [0.15, 0.2) is 28.7 Å². The van der Waals surface area contributed by atoms with Gasteiger partial charge in [-0.15, -0.1) is 0 Å². The van der Waals surface area contributed by atoms with Crippen molar-refractivity contribution in [1.82, 2.24) is 9.97 Å². The molecular formula is C11H7BrClIN2. The number of aryl methyl sites for hydroxylation is 1. The molecule has 0 atom stereocenters. The molecule has 82 valence electrons. The van der Waals surface area contributed by atoms with Gasteiger partial charge in [-0.1, -0.05) is 45.7 Å². The van der Waals surface area contributed by atoms with Gasteiger partial charge in [0, 0.05) is 10.0 Å². The zero-order chi connectivity index (χ0) is 11.7. The van der Waals surface area contributed by atoms with Crippen LogP contribution in [-0.2, 0) is 0 Å². The summed E-state index contributed by atoms with van der Waals surface area (Å²) < 4.78 is 1.86. The van der Waals surface area contributed by atoms with Gasteiger partial charge >= 0.3 is 0 Å². The largest absolute Gasteiger partial charge is 0.232 e. The smallest absolute Gasteiger partial charge is 0.162 e. The van der Waals surface area contributed by atoms with E-state index in [1.165, 1.54) is 0 Å². The number of halogens is 3. The minimum Gasteiger partial charge on any atom is -0.232 e. The van der Waals surface area contributed by atoms with E-state index in [9.17, 15) is 0 Å². The normalized spacial score (nSPS) is 10.5. The van der Waals surface area contributed by atoms with E-state index in [0.29, 0.717) is 11.0 Å². The molecule has 0 fully saturated rings. The number of benzene rings is 1. The Kier molecular flexibility index (Phi) is 3.81. The molecule has 0 unspecified atom stereocenters. The zero-order valence-electron chi connectivity index (χ0n) is 8.34. The number of rotatable bonds is 1. The SMILES string of the molecule is Cc1nc(-c2ccccc2Br)nc(Cl)c1I. The van der Waals surface area contributed by atoms with Crippen molar-refractivity contribution in [2.75, 3.05) is 0 Å². The highest BCUT2D eigenvalue weighted by atomic mass is 127. The van der Waals surface area contributed by atoms with Crippen molar-refractivity contribution in [2.45, 2.75) is 6.92 Å². The summed E-state index contributed by atoms with van der Waals surface area (Å²) in [7, 11) is 0. The molecule has 0 spiro atoms. The van der Waals surface area contributed by atoms with Crippen LogP contribution in [-0.4, -0.2) is 9.97 Å². The quantitative estimate of drug-likeness (QED) is 0.513. The van der Waals surface area contributed by atoms with E-state index >= 15 is 0 Å². The molecule has 1 aromatic carbocycles. The fourth-order valence-corrected chi connectivity index (χ4v) is 2.21. The molecule has 0 bridgehead atoms. The van der Waals surface area contributed by atoms with Crippen LogP contribution < -0.4 is 0 Å². The van der Waals surface area contributed by atoms with Gasteiger partial charge in [0.05, 0.1) is 9.26 Å². The van der Waals surface area contributed by atoms with E-state index in [2.05, 4.69) is 48.5 Å². The van der Waals surface area contributed by atoms with E-state index in [-0.39, 0.29) is 0 Å². The molecule has 1 heterocycles. The first-order valence-electron chi connectivity index (χ1n) is 4.54. The summed E-state index contributed by atoms with van der Waals surface area (Å²) in [6.07, 6.45) is 0. The van der Waals surface area contributed by atoms with Gasteiger partial charge in [-0.2, -0.15) is 0 Å². The van der Waals surface area contributed by atoms with Crippen LogP contribution in [0.1, 0.15) is 5.69 Å². The fourth-order valence-electron chi connectivity index (χ4n) is 1.29. The molecule has 0 amide bonds. The van der Waals surface area contributed by atoms with Crippen molar-refractivity contribution in [1.29, 1.82) is 0 Å². The van der Waals surface area contributed by atoms with Crippen LogP contribution in [0.4, 0.5) is 0 Å². The summed E-state index contributed by atoms with van der Waals surface area (Å²) in [6, 6.07) is 7.82. The van der Waals surface area contributed by atoms with E-state index in [4.69, 9.17) is 11.6 Å². The van der Waals surface area contributed by atoms with Gasteiger partial charge in [0.2, 0.25) is 0 Å². The molecule has 0 saturated carbocycles. The maximum Gasteiger partial charge on any atom is 0.162 e. The van der Waals surface area contributed by atoms with E-state index in [1.807, 2.05) is 31.2 Å². The average Bonchev–Trinajstić information content (AvgIpc) is 2.26. The average molecular weight is 409 g/mol. The van der Waals surface area contributed by atoms with Gasteiger partial charge in [0.1, 0.15) is 5.15 Å². The Labute approximate surface area is 121 Å². The highest BCUT2D eigenvalue weighted by Gasteiger charge is 2.10. The molecule has 0 aliphatic carbocycles. The third-order valence-electron chi connectivity index (χ3n) is 2.09. The summed E-state index contributed by atoms with van der Waals surface area (Å²) in [5.74, 6) is 0.649. The number of hydrogen-bond donors (Lipinski definition) is 0. The highest BCUT2D eigenvalue weighted by Crippen LogP contribution is 2.28. The second-order valence-electron chi connectivity index (χ2n) is 3.22. The van der Waals surface area contributed by atoms with Gasteiger partial charge in [-0.05, 0) is 35.6 Å². The van der Waals surface area contributed by atoms with E-state index < -0.39 is 0 Å². The molecule has 1 aromatic heterocycles. The lowest BCUT2D eigenvalue weighted by Gasteiger charge is -2.06. The van der Waals surface area contributed by atoms with Crippen molar-refractivity contribution in [2.24, 2.45) is 0 Å². The summed E-state index contributed by atoms with van der Waals surface area (Å²) >= 11 is 11.7. The Hall–Kier alpha value is -0.200. The van der Waals surface area contributed by atoms with Gasteiger partial charge in [0.25, 0.3) is 0 Å². The predicted octanol–water partition coefficient (Wildman–Crippen LogP) is 4.47. The van der Waals surface area contributed by atoms with Gasteiger partial charge < -0.3 is 0 Å². The lowest BCUT2D eigenvalue weighted by molar-refractivity contribution is 1.09. The molecule has 2 rings (SSSR count). The molecule has 0 aliphatic heterocycles. The minimum atomic E-state index is 0.499. The van der Waals surface area contributed by atoms with E-state index in [1.54, 1.807) is 0 Å². The number of hydrogen-bond acceptors (Lipinski definition) is 2. The summed E-state index contributed by atoms with van der Waals surface area (Å²) in [5.41, 5.74) is 1.84. The molecule has 5 heteroatoms. The van der Waals surface area contributed by atoms with Crippen molar-refractivity contribution >= 4 is 50.1 Å². The standard InChI is InChI=1S/C11H7BrClIN2/c1-6-9(14)10(13)16-11(15-6)7-4-2-3-5-8(7)12/h2-5H,1H3. The molecule has 0 radical (unpaired) electrons. The Balaban J connectivity index is 2.62. The zero-order valence-corrected chi connectivity index (χ0v) is 12.8. The lowest BCUT2D eigenvalue weighted by atomic mass is 10.2. The van der Waals surface area contributed by atoms with Crippen molar-refractivity contribution in [3.63, 3.8) is 0 Å². The molecule has 16 heavy (non-hydrogen) atoms. The monoisotopic (exact) mass is 408 g/mol. The van der Waals surface area contributed by atoms with Crippen LogP contribution in [0.25, 0.3) is 11.4 Å². The molecule has 0 aliphatic rings. The van der Waals surface area contributed by atoms with Crippen LogP contribution in [0.2, 0.25) is 5.15 Å². The second-order valence-corrected chi connectivity index (χ2v) is 5.51. The Morgan fingerprint density at radius 1 is 1.25 bits per heavy atom. The number of nitrogens with zero attached hydrogens (tertiary/aromatic N) is 2. The summed E-state index contributed by atoms with van der Waals surface area (Å²) in [4.78, 5) is 8.71. The third-order valence-corrected chi connectivity index (χ3v) is 4.67. The van der Waals surface area contributed by atoms with Gasteiger partial charge in [-0.3, -0.25) is 0 Å². The Morgan fingerprint density at radius 2 is 1.94 bits per heavy atom. The maximum absolute atomic E-state index is 6.05. The Morgan fingerprint density at radius 3 is 2.56 bits per heavy atom. The van der Waals surface area contributed by atoms with Crippen molar-refractivity contribution in [3.05, 3.63) is 43.2 Å². The second kappa shape index (κ2) is 4.98. The fraction of sp³-hybridized carbons (Fsp3) is 0.0909. The maximum atomic E-state index is 6.05. The topological polar surface area (TPSA) is 25.8 Å². The minimum absolute atomic E-state index is 0.499. The molecule has 0 saturated heterocycles. The predicted molar refractivity (Wildman–Crippen MR) is 77.6 cm³/mol. The molecular weight excluding hydrogens is 402 g/mol. The molecule has 2 nitrogen and oxygen atoms in total. The van der Waals surface area contributed by atoms with Crippen molar-refractivity contribution < 1.29 is 0 Å². The first-order chi connectivity index (χ1) is 7.59. The van der Waals surface area contributed by atoms with E-state index in [0.717, 1.165) is 19.3 Å². The lowest BCUT2D eigenvalue weighted by Crippen LogP contribution is -1.96. The van der Waals surface area contributed by atoms with Crippen LogP contribution in [0.3, 0.4) is 0 Å². The molecule has 2 aromatic rings. The first kappa shape index (κ1) is 12.3.